The Hall–Kier alpha value is -1.30. The molecule has 0 saturated carbocycles. The van der Waals surface area contributed by atoms with E-state index >= 15 is 0 Å². The molecule has 1 heterocycles. The molecule has 1 atom stereocenters. The third kappa shape index (κ3) is 2.69. The summed E-state index contributed by atoms with van der Waals surface area (Å²) >= 11 is 0. The second-order valence-corrected chi connectivity index (χ2v) is 6.65. The lowest BCUT2D eigenvalue weighted by molar-refractivity contribution is 0.590. The molecule has 17 heavy (non-hydrogen) atoms. The summed E-state index contributed by atoms with van der Waals surface area (Å²) in [6.45, 7) is 0.253. The maximum atomic E-state index is 13.4. The van der Waals surface area contributed by atoms with E-state index in [1.165, 1.54) is 12.1 Å². The highest BCUT2D eigenvalue weighted by Gasteiger charge is 2.30. The summed E-state index contributed by atoms with van der Waals surface area (Å²) in [6.07, 6.45) is 1.34. The van der Waals surface area contributed by atoms with Crippen LogP contribution in [0.15, 0.2) is 18.2 Å². The highest BCUT2D eigenvalue weighted by Crippen LogP contribution is 2.22. The maximum Gasteiger partial charge on any atom is 0.154 e. The first-order valence-electron chi connectivity index (χ1n) is 5.49. The van der Waals surface area contributed by atoms with E-state index in [1.54, 1.807) is 6.07 Å². The largest absolute Gasteiger partial charge is 0.399 e. The van der Waals surface area contributed by atoms with E-state index in [9.17, 15) is 12.8 Å². The van der Waals surface area contributed by atoms with Crippen molar-refractivity contribution < 1.29 is 12.8 Å². The Morgan fingerprint density at radius 2 is 2.24 bits per heavy atom. The van der Waals surface area contributed by atoms with Crippen molar-refractivity contribution >= 4 is 21.2 Å². The second kappa shape index (κ2) is 4.52. The molecule has 0 bridgehead atoms. The molecule has 94 valence electrons. The zero-order valence-electron chi connectivity index (χ0n) is 9.32. The average molecular weight is 258 g/mol. The monoisotopic (exact) mass is 258 g/mol. The van der Waals surface area contributed by atoms with Crippen molar-refractivity contribution in [3.8, 4) is 0 Å². The quantitative estimate of drug-likeness (QED) is 0.804. The van der Waals surface area contributed by atoms with Gasteiger partial charge < -0.3 is 11.1 Å². The van der Waals surface area contributed by atoms with Crippen molar-refractivity contribution in [3.05, 3.63) is 24.0 Å². The van der Waals surface area contributed by atoms with E-state index in [2.05, 4.69) is 5.32 Å². The fraction of sp³-hybridized carbons (Fsp3) is 0.455. The third-order valence-corrected chi connectivity index (χ3v) is 5.25. The van der Waals surface area contributed by atoms with Gasteiger partial charge >= 0.3 is 0 Å². The van der Waals surface area contributed by atoms with Gasteiger partial charge in [-0.2, -0.15) is 0 Å². The van der Waals surface area contributed by atoms with Crippen molar-refractivity contribution in [2.24, 2.45) is 0 Å². The summed E-state index contributed by atoms with van der Waals surface area (Å²) in [5, 5.41) is 2.42. The van der Waals surface area contributed by atoms with Gasteiger partial charge in [-0.3, -0.25) is 0 Å². The Bertz CT molecular complexity index is 516. The summed E-state index contributed by atoms with van der Waals surface area (Å²) in [4.78, 5) is 0. The molecule has 1 aromatic rings. The summed E-state index contributed by atoms with van der Waals surface area (Å²) in [5.41, 5.74) is 6.07. The number of anilines is 2. The number of rotatable bonds is 3. The number of sulfone groups is 1. The first kappa shape index (κ1) is 12.2. The van der Waals surface area contributed by atoms with Crippen molar-refractivity contribution in [1.82, 2.24) is 0 Å². The van der Waals surface area contributed by atoms with E-state index in [-0.39, 0.29) is 12.3 Å². The van der Waals surface area contributed by atoms with E-state index in [4.69, 9.17) is 5.73 Å². The normalized spacial score (nSPS) is 22.5. The van der Waals surface area contributed by atoms with Gasteiger partial charge in [0.2, 0.25) is 0 Å². The lowest BCUT2D eigenvalue weighted by atomic mass is 10.2. The number of halogens is 1. The number of nitrogens with one attached hydrogen (secondary N) is 1. The lowest BCUT2D eigenvalue weighted by Crippen LogP contribution is -2.25. The van der Waals surface area contributed by atoms with Crippen LogP contribution >= 0.6 is 0 Å². The molecule has 4 nitrogen and oxygen atoms in total. The van der Waals surface area contributed by atoms with Gasteiger partial charge in [0.15, 0.2) is 9.84 Å². The molecule has 0 radical (unpaired) electrons. The van der Waals surface area contributed by atoms with Crippen LogP contribution in [0.25, 0.3) is 0 Å². The lowest BCUT2D eigenvalue weighted by Gasteiger charge is -2.12. The molecule has 3 N–H and O–H groups in total. The van der Waals surface area contributed by atoms with Gasteiger partial charge in [0.25, 0.3) is 0 Å². The summed E-state index contributed by atoms with van der Waals surface area (Å²) in [6, 6.07) is 4.31. The Kier molecular flexibility index (Phi) is 3.24. The van der Waals surface area contributed by atoms with Crippen molar-refractivity contribution in [1.29, 1.82) is 0 Å². The third-order valence-electron chi connectivity index (χ3n) is 2.98. The van der Waals surface area contributed by atoms with Crippen LogP contribution in [0.2, 0.25) is 0 Å². The minimum Gasteiger partial charge on any atom is -0.399 e. The average Bonchev–Trinajstić information content (AvgIpc) is 2.57. The highest BCUT2D eigenvalue weighted by atomic mass is 32.2. The molecule has 0 aromatic heterocycles. The first-order chi connectivity index (χ1) is 7.99. The predicted octanol–water partition coefficient (Wildman–Crippen LogP) is 1.40. The zero-order chi connectivity index (χ0) is 12.5. The van der Waals surface area contributed by atoms with Crippen LogP contribution in [-0.4, -0.2) is 26.0 Å². The Morgan fingerprint density at radius 3 is 2.82 bits per heavy atom. The Labute approximate surface area is 99.9 Å². The van der Waals surface area contributed by atoms with Crippen LogP contribution in [0.5, 0.6) is 0 Å². The highest BCUT2D eigenvalue weighted by molar-refractivity contribution is 7.92. The maximum absolute atomic E-state index is 13.4. The van der Waals surface area contributed by atoms with E-state index in [0.29, 0.717) is 24.2 Å². The molecular formula is C11H15FN2O2S. The van der Waals surface area contributed by atoms with Crippen LogP contribution in [0.4, 0.5) is 15.8 Å². The molecular weight excluding hydrogens is 243 g/mol. The topological polar surface area (TPSA) is 72.2 Å². The van der Waals surface area contributed by atoms with Crippen molar-refractivity contribution in [2.75, 3.05) is 23.3 Å². The fourth-order valence-electron chi connectivity index (χ4n) is 1.99. The molecule has 1 aliphatic heterocycles. The van der Waals surface area contributed by atoms with Crippen LogP contribution in [0.1, 0.15) is 12.8 Å². The molecule has 0 amide bonds. The minimum absolute atomic E-state index is 0.240. The SMILES string of the molecule is Nc1ccc(NCC2CCCS2(=O)=O)c(F)c1. The van der Waals surface area contributed by atoms with E-state index in [0.717, 1.165) is 0 Å². The summed E-state index contributed by atoms with van der Waals surface area (Å²) in [5.74, 6) is -0.218. The van der Waals surface area contributed by atoms with E-state index < -0.39 is 20.9 Å². The molecule has 1 fully saturated rings. The fourth-order valence-corrected chi connectivity index (χ4v) is 3.75. The van der Waals surface area contributed by atoms with Crippen LogP contribution in [-0.2, 0) is 9.84 Å². The summed E-state index contributed by atoms with van der Waals surface area (Å²) < 4.78 is 36.6. The standard InChI is InChI=1S/C11H15FN2O2S/c12-10-6-8(13)3-4-11(10)14-7-9-2-1-5-17(9,15)16/h3-4,6,9,14H,1-2,5,7,13H2. The predicted molar refractivity (Wildman–Crippen MR) is 66.1 cm³/mol. The molecule has 6 heteroatoms. The number of hydrogen-bond donors (Lipinski definition) is 2. The Balaban J connectivity index is 2.03. The number of hydrogen-bond acceptors (Lipinski definition) is 4. The molecule has 1 aromatic carbocycles. The van der Waals surface area contributed by atoms with Crippen LogP contribution in [0, 0.1) is 5.82 Å². The second-order valence-electron chi connectivity index (χ2n) is 4.25. The Morgan fingerprint density at radius 1 is 1.47 bits per heavy atom. The minimum atomic E-state index is -2.99. The number of benzene rings is 1. The van der Waals surface area contributed by atoms with Crippen LogP contribution in [0.3, 0.4) is 0 Å². The molecule has 0 aliphatic carbocycles. The zero-order valence-corrected chi connectivity index (χ0v) is 10.1. The van der Waals surface area contributed by atoms with Gasteiger partial charge in [0.05, 0.1) is 16.7 Å². The molecule has 1 aliphatic rings. The molecule has 0 spiro atoms. The van der Waals surface area contributed by atoms with Crippen molar-refractivity contribution in [2.45, 2.75) is 18.1 Å². The van der Waals surface area contributed by atoms with Gasteiger partial charge in [-0.1, -0.05) is 0 Å². The van der Waals surface area contributed by atoms with Gasteiger partial charge in [-0.05, 0) is 31.0 Å². The van der Waals surface area contributed by atoms with Gasteiger partial charge in [-0.25, -0.2) is 12.8 Å². The number of nitrogen functional groups attached to an aromatic ring is 1. The summed E-state index contributed by atoms with van der Waals surface area (Å²) in [7, 11) is -2.99. The smallest absolute Gasteiger partial charge is 0.154 e. The molecule has 2 rings (SSSR count). The van der Waals surface area contributed by atoms with E-state index in [1.807, 2.05) is 0 Å². The number of nitrogens with two attached hydrogens (primary N) is 1. The molecule has 1 unspecified atom stereocenters. The van der Waals surface area contributed by atoms with Gasteiger partial charge in [0, 0.05) is 12.2 Å². The molecule has 1 saturated heterocycles. The van der Waals surface area contributed by atoms with Gasteiger partial charge in [-0.15, -0.1) is 0 Å². The van der Waals surface area contributed by atoms with Crippen LogP contribution < -0.4 is 11.1 Å². The van der Waals surface area contributed by atoms with Gasteiger partial charge in [0.1, 0.15) is 5.82 Å². The first-order valence-corrected chi connectivity index (χ1v) is 7.21. The van der Waals surface area contributed by atoms with Crippen molar-refractivity contribution in [3.63, 3.8) is 0 Å².